The number of carbonyl (C=O) groups excluding carboxylic acids is 2. The first-order valence-electron chi connectivity index (χ1n) is 6.72. The molecule has 1 heterocycles. The second kappa shape index (κ2) is 4.17. The van der Waals surface area contributed by atoms with Crippen molar-refractivity contribution in [2.45, 2.75) is 25.7 Å². The summed E-state index contributed by atoms with van der Waals surface area (Å²) < 4.78 is 0. The van der Waals surface area contributed by atoms with Crippen LogP contribution in [0.5, 0.6) is 0 Å². The number of aryl methyl sites for hydroxylation is 1. The van der Waals surface area contributed by atoms with E-state index in [1.165, 1.54) is 0 Å². The zero-order chi connectivity index (χ0) is 13.6. The molecule has 100 valence electrons. The van der Waals surface area contributed by atoms with Crippen molar-refractivity contribution in [1.82, 2.24) is 0 Å². The monoisotopic (exact) mass is 258 g/mol. The summed E-state index contributed by atoms with van der Waals surface area (Å²) in [6, 6.07) is 5.65. The zero-order valence-corrected chi connectivity index (χ0v) is 11.1. The molecular weight excluding hydrogens is 240 g/mol. The second-order valence-electron chi connectivity index (χ2n) is 5.61. The third-order valence-electron chi connectivity index (χ3n) is 4.41. The maximum Gasteiger partial charge on any atom is 0.227 e. The van der Waals surface area contributed by atoms with E-state index in [0.29, 0.717) is 13.0 Å². The van der Waals surface area contributed by atoms with Crippen molar-refractivity contribution < 1.29 is 9.59 Å². The summed E-state index contributed by atoms with van der Waals surface area (Å²) in [6.45, 7) is 0.432. The van der Waals surface area contributed by atoms with E-state index in [1.807, 2.05) is 18.2 Å². The maximum absolute atomic E-state index is 12.4. The number of anilines is 1. The lowest BCUT2D eigenvalue weighted by atomic mass is 9.91. The quantitative estimate of drug-likeness (QED) is 0.836. The number of hydrogen-bond acceptors (Lipinski definition) is 3. The molecule has 2 aliphatic rings. The van der Waals surface area contributed by atoms with Crippen molar-refractivity contribution in [3.05, 3.63) is 29.3 Å². The average Bonchev–Trinajstić information content (AvgIpc) is 3.23. The average molecular weight is 258 g/mol. The standard InChI is InChI=1S/C15H18N2O2/c1-17-12-4-2-11(8-10(12)3-5-13(17)18)14(19)15(9-16)6-7-15/h2,4,8H,3,5-7,9,16H2,1H3. The third-order valence-corrected chi connectivity index (χ3v) is 4.41. The van der Waals surface area contributed by atoms with Gasteiger partial charge < -0.3 is 10.6 Å². The summed E-state index contributed by atoms with van der Waals surface area (Å²) in [4.78, 5) is 25.7. The summed E-state index contributed by atoms with van der Waals surface area (Å²) >= 11 is 0. The Labute approximate surface area is 112 Å². The summed E-state index contributed by atoms with van der Waals surface area (Å²) in [7, 11) is 1.78. The molecule has 0 saturated heterocycles. The number of rotatable bonds is 3. The van der Waals surface area contributed by atoms with Crippen molar-refractivity contribution >= 4 is 17.4 Å². The fourth-order valence-electron chi connectivity index (χ4n) is 2.78. The molecule has 0 spiro atoms. The van der Waals surface area contributed by atoms with Crippen LogP contribution in [0.15, 0.2) is 18.2 Å². The Morgan fingerprint density at radius 2 is 2.11 bits per heavy atom. The van der Waals surface area contributed by atoms with Gasteiger partial charge in [-0.15, -0.1) is 0 Å². The molecule has 3 rings (SSSR count). The summed E-state index contributed by atoms with van der Waals surface area (Å²) in [6.07, 6.45) is 3.04. The van der Waals surface area contributed by atoms with Gasteiger partial charge in [0, 0.05) is 36.7 Å². The topological polar surface area (TPSA) is 63.4 Å². The van der Waals surface area contributed by atoms with E-state index in [0.717, 1.165) is 36.1 Å². The predicted octanol–water partition coefficient (Wildman–Crippen LogP) is 1.52. The molecule has 1 aliphatic heterocycles. The van der Waals surface area contributed by atoms with Crippen LogP contribution in [-0.2, 0) is 11.2 Å². The number of fused-ring (bicyclic) bond motifs is 1. The van der Waals surface area contributed by atoms with Gasteiger partial charge in [-0.3, -0.25) is 9.59 Å². The Morgan fingerprint density at radius 1 is 1.37 bits per heavy atom. The number of carbonyl (C=O) groups is 2. The van der Waals surface area contributed by atoms with Gasteiger partial charge in [0.05, 0.1) is 0 Å². The van der Waals surface area contributed by atoms with Crippen molar-refractivity contribution in [1.29, 1.82) is 0 Å². The molecule has 0 atom stereocenters. The minimum absolute atomic E-state index is 0.132. The molecule has 4 heteroatoms. The van der Waals surface area contributed by atoms with Crippen LogP contribution in [0.1, 0.15) is 35.2 Å². The number of Topliss-reactive ketones (excluding diaryl/α,β-unsaturated/α-hetero) is 1. The van der Waals surface area contributed by atoms with Gasteiger partial charge in [0.15, 0.2) is 5.78 Å². The van der Waals surface area contributed by atoms with Crippen LogP contribution in [0.25, 0.3) is 0 Å². The van der Waals surface area contributed by atoms with Crippen LogP contribution in [0.3, 0.4) is 0 Å². The molecule has 1 aromatic carbocycles. The van der Waals surface area contributed by atoms with Gasteiger partial charge in [-0.05, 0) is 43.0 Å². The molecule has 0 unspecified atom stereocenters. The van der Waals surface area contributed by atoms with Crippen LogP contribution in [0.2, 0.25) is 0 Å². The summed E-state index contributed by atoms with van der Waals surface area (Å²) in [5.41, 5.74) is 8.16. The SMILES string of the molecule is CN1C(=O)CCc2cc(C(=O)C3(CN)CC3)ccc21. The second-order valence-corrected chi connectivity index (χ2v) is 5.61. The van der Waals surface area contributed by atoms with E-state index >= 15 is 0 Å². The Morgan fingerprint density at radius 3 is 2.74 bits per heavy atom. The molecule has 1 amide bonds. The normalized spacial score (nSPS) is 20.1. The molecule has 1 fully saturated rings. The van der Waals surface area contributed by atoms with Gasteiger partial charge in [0.1, 0.15) is 0 Å². The van der Waals surface area contributed by atoms with Crippen LogP contribution in [0.4, 0.5) is 5.69 Å². The lowest BCUT2D eigenvalue weighted by Crippen LogP contribution is -2.31. The van der Waals surface area contributed by atoms with Crippen LogP contribution < -0.4 is 10.6 Å². The van der Waals surface area contributed by atoms with Crippen molar-refractivity contribution in [2.24, 2.45) is 11.1 Å². The number of nitrogens with two attached hydrogens (primary N) is 1. The lowest BCUT2D eigenvalue weighted by molar-refractivity contribution is -0.118. The van der Waals surface area contributed by atoms with Crippen LogP contribution in [-0.4, -0.2) is 25.3 Å². The molecule has 0 bridgehead atoms. The van der Waals surface area contributed by atoms with E-state index in [4.69, 9.17) is 5.73 Å². The smallest absolute Gasteiger partial charge is 0.227 e. The Hall–Kier alpha value is -1.68. The Balaban J connectivity index is 1.94. The van der Waals surface area contributed by atoms with Crippen molar-refractivity contribution in [3.63, 3.8) is 0 Å². The van der Waals surface area contributed by atoms with Crippen molar-refractivity contribution in [3.8, 4) is 0 Å². The highest BCUT2D eigenvalue weighted by molar-refractivity contribution is 6.04. The molecule has 19 heavy (non-hydrogen) atoms. The fraction of sp³-hybridized carbons (Fsp3) is 0.467. The number of hydrogen-bond donors (Lipinski definition) is 1. The highest BCUT2D eigenvalue weighted by atomic mass is 16.2. The van der Waals surface area contributed by atoms with Crippen LogP contribution in [0, 0.1) is 5.41 Å². The van der Waals surface area contributed by atoms with Gasteiger partial charge in [-0.25, -0.2) is 0 Å². The first-order chi connectivity index (χ1) is 9.07. The highest BCUT2D eigenvalue weighted by Gasteiger charge is 2.48. The number of amides is 1. The van der Waals surface area contributed by atoms with E-state index < -0.39 is 0 Å². The molecule has 1 saturated carbocycles. The van der Waals surface area contributed by atoms with Crippen LogP contribution >= 0.6 is 0 Å². The number of ketones is 1. The molecule has 0 aromatic heterocycles. The molecule has 0 radical (unpaired) electrons. The Bertz CT molecular complexity index is 561. The zero-order valence-electron chi connectivity index (χ0n) is 11.1. The fourth-order valence-corrected chi connectivity index (χ4v) is 2.78. The summed E-state index contributed by atoms with van der Waals surface area (Å²) in [5, 5.41) is 0. The van der Waals surface area contributed by atoms with Gasteiger partial charge in [0.2, 0.25) is 5.91 Å². The van der Waals surface area contributed by atoms with E-state index in [9.17, 15) is 9.59 Å². The minimum atomic E-state index is -0.301. The molecule has 1 aliphatic carbocycles. The highest BCUT2D eigenvalue weighted by Crippen LogP contribution is 2.47. The molecular formula is C15H18N2O2. The van der Waals surface area contributed by atoms with Crippen molar-refractivity contribution in [2.75, 3.05) is 18.5 Å². The third kappa shape index (κ3) is 1.87. The van der Waals surface area contributed by atoms with Gasteiger partial charge >= 0.3 is 0 Å². The number of nitrogens with zero attached hydrogens (tertiary/aromatic N) is 1. The largest absolute Gasteiger partial charge is 0.329 e. The van der Waals surface area contributed by atoms with E-state index in [2.05, 4.69) is 0 Å². The molecule has 2 N–H and O–H groups in total. The maximum atomic E-state index is 12.4. The lowest BCUT2D eigenvalue weighted by Gasteiger charge is -2.26. The molecule has 1 aromatic rings. The van der Waals surface area contributed by atoms with Gasteiger partial charge in [-0.1, -0.05) is 0 Å². The summed E-state index contributed by atoms with van der Waals surface area (Å²) in [5.74, 6) is 0.296. The minimum Gasteiger partial charge on any atom is -0.329 e. The molecule has 4 nitrogen and oxygen atoms in total. The number of benzene rings is 1. The Kier molecular flexibility index (Phi) is 2.71. The first kappa shape index (κ1) is 12.4. The predicted molar refractivity (Wildman–Crippen MR) is 73.2 cm³/mol. The first-order valence-corrected chi connectivity index (χ1v) is 6.72. The van der Waals surface area contributed by atoms with Gasteiger partial charge in [0.25, 0.3) is 0 Å². The van der Waals surface area contributed by atoms with E-state index in [-0.39, 0.29) is 17.1 Å². The van der Waals surface area contributed by atoms with E-state index in [1.54, 1.807) is 11.9 Å². The van der Waals surface area contributed by atoms with Gasteiger partial charge in [-0.2, -0.15) is 0 Å².